The topological polar surface area (TPSA) is 54.5 Å². The van der Waals surface area contributed by atoms with Crippen molar-refractivity contribution in [2.24, 2.45) is 0 Å². The van der Waals surface area contributed by atoms with Crippen LogP contribution in [-0.2, 0) is 0 Å². The molecule has 0 saturated carbocycles. The summed E-state index contributed by atoms with van der Waals surface area (Å²) in [5.74, 6) is -1.23. The molecule has 1 aliphatic rings. The number of amides is 2. The Morgan fingerprint density at radius 2 is 1.73 bits per heavy atom. The summed E-state index contributed by atoms with van der Waals surface area (Å²) in [7, 11) is 0. The van der Waals surface area contributed by atoms with Crippen molar-refractivity contribution in [3.05, 3.63) is 34.9 Å². The van der Waals surface area contributed by atoms with Gasteiger partial charge in [-0.2, -0.15) is 4.42 Å². The van der Waals surface area contributed by atoms with Crippen LogP contribution in [0.25, 0.3) is 0 Å². The molecule has 0 aliphatic carbocycles. The van der Waals surface area contributed by atoms with Gasteiger partial charge in [0.1, 0.15) is 0 Å². The lowest BCUT2D eigenvalue weighted by Crippen LogP contribution is -2.18. The third-order valence-corrected chi connectivity index (χ3v) is 2.59. The summed E-state index contributed by atoms with van der Waals surface area (Å²) in [4.78, 5) is 33.6. The Morgan fingerprint density at radius 1 is 1.13 bits per heavy atom. The Morgan fingerprint density at radius 3 is 2.33 bits per heavy atom. The average molecular weight is 244 g/mol. The molecule has 2 amide bonds. The molecule has 4 nitrogen and oxygen atoms in total. The minimum Gasteiger partial charge on any atom is -0.276 e. The number of carbonyl (C=O) groups excluding carboxylic acids is 3. The number of hydrogen-bond donors (Lipinski definition) is 0. The maximum atomic E-state index is 11.4. The first-order valence-corrected chi connectivity index (χ1v) is 4.62. The van der Waals surface area contributed by atoms with Gasteiger partial charge in [-0.15, -0.1) is 0 Å². The van der Waals surface area contributed by atoms with E-state index in [-0.39, 0.29) is 16.7 Å². The molecule has 0 bridgehead atoms. The third-order valence-electron chi connectivity index (χ3n) is 2.06. The van der Waals surface area contributed by atoms with Crippen molar-refractivity contribution in [1.29, 1.82) is 0 Å². The van der Waals surface area contributed by atoms with Crippen LogP contribution in [-0.4, -0.2) is 21.5 Å². The van der Waals surface area contributed by atoms with Crippen LogP contribution in [0.5, 0.6) is 0 Å². The largest absolute Gasteiger partial charge is 0.276 e. The zero-order valence-corrected chi connectivity index (χ0v) is 8.67. The van der Waals surface area contributed by atoms with Crippen LogP contribution < -0.4 is 0 Å². The molecule has 1 aliphatic heterocycles. The molecule has 76 valence electrons. The molecular formula is C9H3Cl2NO3. The summed E-state index contributed by atoms with van der Waals surface area (Å²) < 4.78 is 0.479. The molecule has 0 atom stereocenters. The van der Waals surface area contributed by atoms with E-state index in [1.807, 2.05) is 0 Å². The van der Waals surface area contributed by atoms with Crippen LogP contribution in [0.15, 0.2) is 18.2 Å². The zero-order chi connectivity index (χ0) is 11.2. The molecule has 6 heteroatoms. The number of nitrogens with zero attached hydrogens (tertiary/aromatic N) is 1. The van der Waals surface area contributed by atoms with Crippen molar-refractivity contribution in [1.82, 2.24) is 4.42 Å². The molecule has 0 fully saturated rings. The molecule has 15 heavy (non-hydrogen) atoms. The highest BCUT2D eigenvalue weighted by atomic mass is 35.5. The van der Waals surface area contributed by atoms with E-state index in [4.69, 9.17) is 23.4 Å². The van der Waals surface area contributed by atoms with E-state index in [1.165, 1.54) is 18.2 Å². The van der Waals surface area contributed by atoms with Gasteiger partial charge in [0, 0.05) is 17.3 Å². The summed E-state index contributed by atoms with van der Waals surface area (Å²) in [5, 5.41) is -0.689. The minimum absolute atomic E-state index is 0.0986. The molecule has 1 aromatic rings. The van der Waals surface area contributed by atoms with Crippen molar-refractivity contribution in [3.8, 4) is 0 Å². The molecule has 1 heterocycles. The van der Waals surface area contributed by atoms with Gasteiger partial charge in [0.05, 0.1) is 11.1 Å². The Bertz CT molecular complexity index is 498. The van der Waals surface area contributed by atoms with Gasteiger partial charge in [-0.1, -0.05) is 0 Å². The standard InChI is InChI=1S/C9H3Cl2NO3/c10-7(13)4-1-2-5-6(3-4)9(15)12(11)8(5)14/h1-3H. The van der Waals surface area contributed by atoms with Crippen LogP contribution in [0.4, 0.5) is 0 Å². The Balaban J connectivity index is 2.61. The predicted octanol–water partition coefficient (Wildman–Crippen LogP) is 1.82. The Hall–Kier alpha value is -1.39. The van der Waals surface area contributed by atoms with Crippen molar-refractivity contribution >= 4 is 40.4 Å². The molecular weight excluding hydrogens is 241 g/mol. The molecule has 2 rings (SSSR count). The maximum Gasteiger partial charge on any atom is 0.276 e. The first kappa shape index (κ1) is 10.1. The highest BCUT2D eigenvalue weighted by Gasteiger charge is 2.35. The lowest BCUT2D eigenvalue weighted by molar-refractivity contribution is 0.0767. The first-order chi connectivity index (χ1) is 7.02. The van der Waals surface area contributed by atoms with Gasteiger partial charge >= 0.3 is 0 Å². The number of rotatable bonds is 1. The smallest absolute Gasteiger partial charge is 0.276 e. The van der Waals surface area contributed by atoms with Gasteiger partial charge in [0.15, 0.2) is 0 Å². The average Bonchev–Trinajstić information content (AvgIpc) is 2.44. The lowest BCUT2D eigenvalue weighted by atomic mass is 10.1. The summed E-state index contributed by atoms with van der Waals surface area (Å²) >= 11 is 10.7. The van der Waals surface area contributed by atoms with E-state index in [1.54, 1.807) is 0 Å². The van der Waals surface area contributed by atoms with E-state index in [0.29, 0.717) is 4.42 Å². The van der Waals surface area contributed by atoms with Crippen molar-refractivity contribution in [2.45, 2.75) is 0 Å². The van der Waals surface area contributed by atoms with Crippen LogP contribution >= 0.6 is 23.4 Å². The molecule has 0 radical (unpaired) electrons. The first-order valence-electron chi connectivity index (χ1n) is 3.91. The summed E-state index contributed by atoms with van der Waals surface area (Å²) in [5.41, 5.74) is 0.432. The highest BCUT2D eigenvalue weighted by molar-refractivity contribution is 6.67. The second-order valence-corrected chi connectivity index (χ2v) is 3.61. The predicted molar refractivity (Wildman–Crippen MR) is 53.0 cm³/mol. The fourth-order valence-electron chi connectivity index (χ4n) is 1.33. The quantitative estimate of drug-likeness (QED) is 0.430. The Kier molecular flexibility index (Phi) is 2.25. The van der Waals surface area contributed by atoms with E-state index >= 15 is 0 Å². The molecule has 0 saturated heterocycles. The van der Waals surface area contributed by atoms with Crippen LogP contribution in [0.1, 0.15) is 31.1 Å². The molecule has 0 aromatic heterocycles. The van der Waals surface area contributed by atoms with Crippen molar-refractivity contribution in [3.63, 3.8) is 0 Å². The second-order valence-electron chi connectivity index (χ2n) is 2.93. The lowest BCUT2D eigenvalue weighted by Gasteiger charge is -1.97. The number of hydrogen-bond acceptors (Lipinski definition) is 3. The van der Waals surface area contributed by atoms with Gasteiger partial charge in [-0.05, 0) is 29.8 Å². The second kappa shape index (κ2) is 3.32. The number of imide groups is 1. The SMILES string of the molecule is O=C(Cl)c1ccc2c(c1)C(=O)N(Cl)C2=O. The minimum atomic E-state index is -0.689. The maximum absolute atomic E-state index is 11.4. The number of fused-ring (bicyclic) bond motifs is 1. The number of carbonyl (C=O) groups is 3. The van der Waals surface area contributed by atoms with Gasteiger partial charge in [-0.3, -0.25) is 14.4 Å². The third kappa shape index (κ3) is 1.42. The fraction of sp³-hybridized carbons (Fsp3) is 0. The van der Waals surface area contributed by atoms with Gasteiger partial charge in [-0.25, -0.2) is 0 Å². The van der Waals surface area contributed by atoms with E-state index in [0.717, 1.165) is 0 Å². The summed E-state index contributed by atoms with van der Waals surface area (Å²) in [6.45, 7) is 0. The van der Waals surface area contributed by atoms with Gasteiger partial charge in [0.25, 0.3) is 17.1 Å². The van der Waals surface area contributed by atoms with E-state index in [2.05, 4.69) is 0 Å². The van der Waals surface area contributed by atoms with Crippen molar-refractivity contribution < 1.29 is 14.4 Å². The summed E-state index contributed by atoms with van der Waals surface area (Å²) in [6, 6.07) is 3.98. The number of benzene rings is 1. The van der Waals surface area contributed by atoms with Gasteiger partial charge < -0.3 is 0 Å². The molecule has 1 aromatic carbocycles. The van der Waals surface area contributed by atoms with E-state index in [9.17, 15) is 14.4 Å². The molecule has 0 spiro atoms. The zero-order valence-electron chi connectivity index (χ0n) is 7.16. The summed E-state index contributed by atoms with van der Waals surface area (Å²) in [6.07, 6.45) is 0. The van der Waals surface area contributed by atoms with Crippen LogP contribution in [0.3, 0.4) is 0 Å². The van der Waals surface area contributed by atoms with Crippen molar-refractivity contribution in [2.75, 3.05) is 0 Å². The van der Waals surface area contributed by atoms with Crippen LogP contribution in [0.2, 0.25) is 0 Å². The van der Waals surface area contributed by atoms with Crippen LogP contribution in [0, 0.1) is 0 Å². The fourth-order valence-corrected chi connectivity index (χ4v) is 1.63. The normalized spacial score (nSPS) is 14.4. The number of halogens is 2. The Labute approximate surface area is 94.5 Å². The monoisotopic (exact) mass is 243 g/mol. The molecule has 0 N–H and O–H groups in total. The highest BCUT2D eigenvalue weighted by Crippen LogP contribution is 2.25. The van der Waals surface area contributed by atoms with E-state index < -0.39 is 17.1 Å². The van der Waals surface area contributed by atoms with Gasteiger partial charge in [0.2, 0.25) is 0 Å². The molecule has 0 unspecified atom stereocenters.